The maximum absolute atomic E-state index is 12.2. The number of carbonyl (C=O) groups is 3. The number of piperidine rings is 1. The Kier molecular flexibility index (Phi) is 5.66. The van der Waals surface area contributed by atoms with Crippen LogP contribution >= 0.6 is 0 Å². The Morgan fingerprint density at radius 1 is 1.12 bits per heavy atom. The third-order valence-electron chi connectivity index (χ3n) is 4.42. The molecule has 0 spiro atoms. The largest absolute Gasteiger partial charge is 0.351 e. The van der Waals surface area contributed by atoms with Crippen LogP contribution in [0.2, 0.25) is 0 Å². The Labute approximate surface area is 147 Å². The van der Waals surface area contributed by atoms with Gasteiger partial charge in [0.25, 0.3) is 5.91 Å². The van der Waals surface area contributed by atoms with Crippen molar-refractivity contribution in [3.05, 3.63) is 35.4 Å². The fourth-order valence-electron chi connectivity index (χ4n) is 2.81. The van der Waals surface area contributed by atoms with Gasteiger partial charge in [-0.15, -0.1) is 0 Å². The number of carbonyl (C=O) groups excluding carboxylic acids is 3. The summed E-state index contributed by atoms with van der Waals surface area (Å²) in [5.74, 6) is -1.06. The van der Waals surface area contributed by atoms with Crippen molar-refractivity contribution in [2.75, 3.05) is 13.1 Å². The van der Waals surface area contributed by atoms with Crippen LogP contribution < -0.4 is 16.6 Å². The molecular formula is C18H26N4O3. The maximum atomic E-state index is 12.2. The van der Waals surface area contributed by atoms with Crippen LogP contribution in [0.4, 0.5) is 4.79 Å². The van der Waals surface area contributed by atoms with Crippen LogP contribution in [0, 0.1) is 5.92 Å². The van der Waals surface area contributed by atoms with Crippen LogP contribution in [0.1, 0.15) is 49.5 Å². The van der Waals surface area contributed by atoms with Gasteiger partial charge >= 0.3 is 6.03 Å². The summed E-state index contributed by atoms with van der Waals surface area (Å²) in [6, 6.07) is 6.75. The van der Waals surface area contributed by atoms with Gasteiger partial charge < -0.3 is 10.6 Å². The summed E-state index contributed by atoms with van der Waals surface area (Å²) >= 11 is 0. The predicted molar refractivity (Wildman–Crippen MR) is 94.6 cm³/mol. The quantitative estimate of drug-likeness (QED) is 0.707. The molecule has 0 unspecified atom stereocenters. The van der Waals surface area contributed by atoms with Crippen molar-refractivity contribution in [2.45, 2.75) is 39.0 Å². The smallest absolute Gasteiger partial charge is 0.314 e. The molecule has 1 atom stereocenters. The Balaban J connectivity index is 1.89. The van der Waals surface area contributed by atoms with Gasteiger partial charge in [-0.3, -0.25) is 20.4 Å². The van der Waals surface area contributed by atoms with Crippen LogP contribution in [-0.2, 0) is 10.2 Å². The van der Waals surface area contributed by atoms with Crippen molar-refractivity contribution in [2.24, 2.45) is 11.7 Å². The molecule has 1 fully saturated rings. The Bertz CT molecular complexity index is 649. The molecule has 1 heterocycles. The Morgan fingerprint density at radius 2 is 1.76 bits per heavy atom. The van der Waals surface area contributed by atoms with Gasteiger partial charge in [0.2, 0.25) is 5.91 Å². The monoisotopic (exact) mass is 346 g/mol. The molecule has 0 aromatic heterocycles. The van der Waals surface area contributed by atoms with Gasteiger partial charge in [0, 0.05) is 18.7 Å². The lowest BCUT2D eigenvalue weighted by molar-refractivity contribution is -0.127. The lowest BCUT2D eigenvalue weighted by Crippen LogP contribution is -2.50. The number of hydrogen-bond donors (Lipinski definition) is 3. The number of benzene rings is 1. The fourth-order valence-corrected chi connectivity index (χ4v) is 2.81. The van der Waals surface area contributed by atoms with E-state index in [0.717, 1.165) is 5.56 Å². The summed E-state index contributed by atoms with van der Waals surface area (Å²) < 4.78 is 0. The van der Waals surface area contributed by atoms with E-state index in [1.165, 1.54) is 4.90 Å². The molecule has 136 valence electrons. The zero-order valence-electron chi connectivity index (χ0n) is 15.0. The molecule has 1 aliphatic rings. The van der Waals surface area contributed by atoms with E-state index in [1.54, 1.807) is 12.1 Å². The first-order valence-corrected chi connectivity index (χ1v) is 8.43. The van der Waals surface area contributed by atoms with E-state index < -0.39 is 6.03 Å². The standard InChI is InChI=1S/C18H26N4O3/c1-18(2,3)14-8-6-12(7-9-14)15(23)20-21-16(24)13-5-4-10-22(11-13)17(19)25/h6-9,13H,4-5,10-11H2,1-3H3,(H2,19,25)(H,20,23)(H,21,24)/t13-/m0/s1. The average molecular weight is 346 g/mol. The molecule has 25 heavy (non-hydrogen) atoms. The van der Waals surface area contributed by atoms with Gasteiger partial charge in [-0.05, 0) is 36.0 Å². The molecule has 1 aliphatic heterocycles. The minimum Gasteiger partial charge on any atom is -0.351 e. The minimum atomic E-state index is -0.527. The third kappa shape index (κ3) is 4.95. The molecule has 1 aromatic rings. The minimum absolute atomic E-state index is 0.0104. The normalized spacial score (nSPS) is 17.7. The second-order valence-corrected chi connectivity index (χ2v) is 7.39. The summed E-state index contributed by atoms with van der Waals surface area (Å²) in [5, 5.41) is 0. The van der Waals surface area contributed by atoms with Gasteiger partial charge in [0.15, 0.2) is 0 Å². The molecule has 0 aliphatic carbocycles. The first-order chi connectivity index (χ1) is 11.7. The van der Waals surface area contributed by atoms with Crippen LogP contribution in [0.15, 0.2) is 24.3 Å². The van der Waals surface area contributed by atoms with E-state index >= 15 is 0 Å². The summed E-state index contributed by atoms with van der Waals surface area (Å²) in [7, 11) is 0. The molecule has 4 N–H and O–H groups in total. The number of urea groups is 1. The molecule has 7 nitrogen and oxygen atoms in total. The summed E-state index contributed by atoms with van der Waals surface area (Å²) in [6.45, 7) is 7.13. The van der Waals surface area contributed by atoms with Gasteiger partial charge in [0.05, 0.1) is 5.92 Å². The predicted octanol–water partition coefficient (Wildman–Crippen LogP) is 1.54. The molecule has 1 saturated heterocycles. The van der Waals surface area contributed by atoms with Crippen molar-refractivity contribution in [3.63, 3.8) is 0 Å². The zero-order chi connectivity index (χ0) is 18.6. The van der Waals surface area contributed by atoms with E-state index in [-0.39, 0.29) is 29.7 Å². The van der Waals surface area contributed by atoms with Crippen molar-refractivity contribution in [1.29, 1.82) is 0 Å². The number of hydrazine groups is 1. The first kappa shape index (κ1) is 18.8. The summed E-state index contributed by atoms with van der Waals surface area (Å²) in [4.78, 5) is 37.0. The number of hydrogen-bond acceptors (Lipinski definition) is 3. The van der Waals surface area contributed by atoms with Gasteiger partial charge in [0.1, 0.15) is 0 Å². The number of amides is 4. The molecule has 2 rings (SSSR count). The Hall–Kier alpha value is -2.57. The second kappa shape index (κ2) is 7.55. The molecule has 7 heteroatoms. The van der Waals surface area contributed by atoms with Crippen molar-refractivity contribution >= 4 is 17.8 Å². The number of likely N-dealkylation sites (tertiary alicyclic amines) is 1. The number of nitrogens with one attached hydrogen (secondary N) is 2. The van der Waals surface area contributed by atoms with E-state index in [0.29, 0.717) is 24.9 Å². The lowest BCUT2D eigenvalue weighted by atomic mass is 9.87. The fraction of sp³-hybridized carbons (Fsp3) is 0.500. The SMILES string of the molecule is CC(C)(C)c1ccc(C(=O)NNC(=O)[C@H]2CCCN(C(N)=O)C2)cc1. The number of nitrogens with zero attached hydrogens (tertiary/aromatic N) is 1. The number of primary amides is 1. The van der Waals surface area contributed by atoms with Gasteiger partial charge in [-0.2, -0.15) is 0 Å². The highest BCUT2D eigenvalue weighted by atomic mass is 16.2. The van der Waals surface area contributed by atoms with Gasteiger partial charge in [-0.1, -0.05) is 32.9 Å². The van der Waals surface area contributed by atoms with E-state index in [1.807, 2.05) is 12.1 Å². The first-order valence-electron chi connectivity index (χ1n) is 8.43. The highest BCUT2D eigenvalue weighted by Gasteiger charge is 2.27. The van der Waals surface area contributed by atoms with Crippen molar-refractivity contribution in [1.82, 2.24) is 15.8 Å². The van der Waals surface area contributed by atoms with E-state index in [9.17, 15) is 14.4 Å². The molecule has 0 radical (unpaired) electrons. The topological polar surface area (TPSA) is 105 Å². The van der Waals surface area contributed by atoms with E-state index in [4.69, 9.17) is 5.73 Å². The second-order valence-electron chi connectivity index (χ2n) is 7.39. The molecule has 0 bridgehead atoms. The van der Waals surface area contributed by atoms with Gasteiger partial charge in [-0.25, -0.2) is 4.79 Å². The average Bonchev–Trinajstić information content (AvgIpc) is 2.58. The number of nitrogens with two attached hydrogens (primary N) is 1. The van der Waals surface area contributed by atoms with Crippen molar-refractivity contribution in [3.8, 4) is 0 Å². The summed E-state index contributed by atoms with van der Waals surface area (Å²) in [6.07, 6.45) is 1.37. The highest BCUT2D eigenvalue weighted by Crippen LogP contribution is 2.22. The summed E-state index contributed by atoms with van der Waals surface area (Å²) in [5.41, 5.74) is 11.7. The number of rotatable bonds is 2. The van der Waals surface area contributed by atoms with E-state index in [2.05, 4.69) is 31.6 Å². The molecular weight excluding hydrogens is 320 g/mol. The van der Waals surface area contributed by atoms with Crippen LogP contribution in [0.5, 0.6) is 0 Å². The van der Waals surface area contributed by atoms with Crippen LogP contribution in [0.25, 0.3) is 0 Å². The van der Waals surface area contributed by atoms with Crippen LogP contribution in [-0.4, -0.2) is 35.8 Å². The van der Waals surface area contributed by atoms with Crippen molar-refractivity contribution < 1.29 is 14.4 Å². The van der Waals surface area contributed by atoms with Crippen LogP contribution in [0.3, 0.4) is 0 Å². The third-order valence-corrected chi connectivity index (χ3v) is 4.42. The lowest BCUT2D eigenvalue weighted by Gasteiger charge is -2.30. The molecule has 1 aromatic carbocycles. The zero-order valence-corrected chi connectivity index (χ0v) is 15.0. The molecule has 4 amide bonds. The molecule has 0 saturated carbocycles. The highest BCUT2D eigenvalue weighted by molar-refractivity contribution is 5.95. The Morgan fingerprint density at radius 3 is 2.32 bits per heavy atom. The maximum Gasteiger partial charge on any atom is 0.314 e.